The lowest BCUT2D eigenvalue weighted by atomic mass is 10.1. The highest BCUT2D eigenvalue weighted by Gasteiger charge is 2.12. The first-order chi connectivity index (χ1) is 8.25. The van der Waals surface area contributed by atoms with Crippen molar-refractivity contribution in [3.05, 3.63) is 49.1 Å². The Kier molecular flexibility index (Phi) is 3.65. The maximum absolute atomic E-state index is 4.46. The number of halogens is 1. The van der Waals surface area contributed by atoms with Crippen molar-refractivity contribution in [1.29, 1.82) is 0 Å². The van der Waals surface area contributed by atoms with E-state index in [1.54, 1.807) is 0 Å². The van der Waals surface area contributed by atoms with Gasteiger partial charge in [0.1, 0.15) is 0 Å². The van der Waals surface area contributed by atoms with Crippen LogP contribution in [0.15, 0.2) is 49.1 Å². The Morgan fingerprint density at radius 3 is 2.67 bits per heavy atom. The van der Waals surface area contributed by atoms with Crippen molar-refractivity contribution in [3.63, 3.8) is 0 Å². The topological polar surface area (TPSA) is 21.7 Å². The molecule has 3 rings (SSSR count). The molecule has 0 aliphatic carbocycles. The third-order valence-corrected chi connectivity index (χ3v) is 3.02. The molecule has 2 heterocycles. The van der Waals surface area contributed by atoms with Crippen molar-refractivity contribution in [2.45, 2.75) is 0 Å². The van der Waals surface area contributed by atoms with Crippen molar-refractivity contribution in [2.75, 3.05) is 0 Å². The lowest BCUT2D eigenvalue weighted by Gasteiger charge is -1.94. The third-order valence-electron chi connectivity index (χ3n) is 3.02. The molecule has 0 aliphatic rings. The van der Waals surface area contributed by atoms with Gasteiger partial charge in [-0.25, -0.2) is 4.57 Å². The summed E-state index contributed by atoms with van der Waals surface area (Å²) in [6, 6.07) is 10.4. The molecule has 1 aromatic carbocycles. The predicted octanol–water partition coefficient (Wildman–Crippen LogP) is -0.931. The zero-order chi connectivity index (χ0) is 11.8. The van der Waals surface area contributed by atoms with Gasteiger partial charge >= 0.3 is 0 Å². The minimum absolute atomic E-state index is 0. The van der Waals surface area contributed by atoms with Gasteiger partial charge in [-0.1, -0.05) is 18.2 Å². The van der Waals surface area contributed by atoms with E-state index >= 15 is 0 Å². The number of fused-ring (bicyclic) bond motifs is 1. The van der Waals surface area contributed by atoms with Gasteiger partial charge in [0.2, 0.25) is 0 Å². The Hall–Kier alpha value is -1.43. The highest BCUT2D eigenvalue weighted by Crippen LogP contribution is 2.27. The van der Waals surface area contributed by atoms with Gasteiger partial charge in [0.05, 0.1) is 18.8 Å². The molecule has 0 N–H and O–H groups in total. The summed E-state index contributed by atoms with van der Waals surface area (Å²) in [5, 5.41) is 1.25. The van der Waals surface area contributed by atoms with Crippen molar-refractivity contribution in [1.82, 2.24) is 9.55 Å². The Labute approximate surface area is 123 Å². The lowest BCUT2D eigenvalue weighted by molar-refractivity contribution is -0.674. The molecule has 0 unspecified atom stereocenters. The van der Waals surface area contributed by atoms with E-state index in [1.807, 2.05) is 30.2 Å². The quantitative estimate of drug-likeness (QED) is 0.410. The Bertz CT molecular complexity index is 671. The molecule has 0 fully saturated rings. The molecular weight excluding hydrogens is 337 g/mol. The standard InChI is InChI=1S/C14H14N3.HI/c1-16-8-7-13(15-10-16)12-9-17(2)14-6-4-3-5-11(12)14;/h3-10H,1-2H3;1H/q+1;/p-1. The van der Waals surface area contributed by atoms with Crippen LogP contribution in [0.3, 0.4) is 0 Å². The van der Waals surface area contributed by atoms with E-state index in [1.165, 1.54) is 16.5 Å². The van der Waals surface area contributed by atoms with Gasteiger partial charge in [-0.3, -0.25) is 0 Å². The third kappa shape index (κ3) is 2.12. The number of aromatic nitrogens is 3. The first kappa shape index (κ1) is 13.0. The zero-order valence-corrected chi connectivity index (χ0v) is 12.5. The second kappa shape index (κ2) is 5.06. The molecule has 3 nitrogen and oxygen atoms in total. The molecule has 0 amide bonds. The fourth-order valence-corrected chi connectivity index (χ4v) is 2.13. The van der Waals surface area contributed by atoms with Crippen LogP contribution >= 0.6 is 0 Å². The van der Waals surface area contributed by atoms with Crippen molar-refractivity contribution in [3.8, 4) is 11.3 Å². The van der Waals surface area contributed by atoms with Crippen LogP contribution in [0.4, 0.5) is 0 Å². The minimum atomic E-state index is 0. The van der Waals surface area contributed by atoms with Crippen LogP contribution in [-0.4, -0.2) is 9.55 Å². The molecule has 0 bridgehead atoms. The monoisotopic (exact) mass is 351 g/mol. The first-order valence-electron chi connectivity index (χ1n) is 5.61. The normalized spacial score (nSPS) is 10.3. The first-order valence-corrected chi connectivity index (χ1v) is 5.61. The van der Waals surface area contributed by atoms with Crippen LogP contribution in [0.5, 0.6) is 0 Å². The van der Waals surface area contributed by atoms with Crippen LogP contribution < -0.4 is 28.5 Å². The lowest BCUT2D eigenvalue weighted by Crippen LogP contribution is -3.00. The van der Waals surface area contributed by atoms with Crippen LogP contribution in [0.1, 0.15) is 0 Å². The number of hydrogen-bond acceptors (Lipinski definition) is 1. The molecule has 18 heavy (non-hydrogen) atoms. The molecular formula is C14H14IN3. The maximum Gasteiger partial charge on any atom is 0.286 e. The van der Waals surface area contributed by atoms with Gasteiger partial charge in [-0.05, 0) is 11.1 Å². The number of rotatable bonds is 1. The molecule has 0 spiro atoms. The van der Waals surface area contributed by atoms with E-state index in [4.69, 9.17) is 0 Å². The van der Waals surface area contributed by atoms with E-state index in [2.05, 4.69) is 47.1 Å². The van der Waals surface area contributed by atoms with Crippen molar-refractivity contribution in [2.24, 2.45) is 14.1 Å². The predicted molar refractivity (Wildman–Crippen MR) is 67.3 cm³/mol. The summed E-state index contributed by atoms with van der Waals surface area (Å²) in [5.74, 6) is 0. The Balaban J connectivity index is 0.00000120. The summed E-state index contributed by atoms with van der Waals surface area (Å²) in [6.45, 7) is 0. The van der Waals surface area contributed by atoms with Crippen LogP contribution in [0.2, 0.25) is 0 Å². The van der Waals surface area contributed by atoms with Gasteiger partial charge < -0.3 is 28.5 Å². The maximum atomic E-state index is 4.46. The van der Waals surface area contributed by atoms with E-state index in [0.717, 1.165) is 5.69 Å². The molecule has 0 atom stereocenters. The fourth-order valence-electron chi connectivity index (χ4n) is 2.13. The smallest absolute Gasteiger partial charge is 0.286 e. The van der Waals surface area contributed by atoms with Crippen LogP contribution in [-0.2, 0) is 14.1 Å². The second-order valence-corrected chi connectivity index (χ2v) is 4.28. The average molecular weight is 351 g/mol. The van der Waals surface area contributed by atoms with Gasteiger partial charge in [-0.15, -0.1) is 0 Å². The summed E-state index contributed by atoms with van der Waals surface area (Å²) in [4.78, 5) is 4.46. The zero-order valence-electron chi connectivity index (χ0n) is 10.3. The van der Waals surface area contributed by atoms with Gasteiger partial charge in [0.15, 0.2) is 5.69 Å². The molecule has 92 valence electrons. The SMILES string of the molecule is Cn1cc(-c2cc[n+](C)cn2)c2ccccc21.[I-]. The Morgan fingerprint density at radius 1 is 1.17 bits per heavy atom. The van der Waals surface area contributed by atoms with Crippen molar-refractivity contribution >= 4 is 10.9 Å². The minimum Gasteiger partial charge on any atom is -1.00 e. The molecule has 3 aromatic rings. The van der Waals surface area contributed by atoms with Gasteiger partial charge in [-0.2, -0.15) is 0 Å². The highest BCUT2D eigenvalue weighted by atomic mass is 127. The van der Waals surface area contributed by atoms with Gasteiger partial charge in [0.25, 0.3) is 6.33 Å². The van der Waals surface area contributed by atoms with Crippen LogP contribution in [0, 0.1) is 0 Å². The molecule has 0 saturated carbocycles. The molecule has 0 saturated heterocycles. The number of benzene rings is 1. The Morgan fingerprint density at radius 2 is 1.94 bits per heavy atom. The number of aryl methyl sites for hydroxylation is 2. The molecule has 0 radical (unpaired) electrons. The average Bonchev–Trinajstić information content (AvgIpc) is 2.69. The highest BCUT2D eigenvalue weighted by molar-refractivity contribution is 5.94. The summed E-state index contributed by atoms with van der Waals surface area (Å²) in [7, 11) is 4.04. The molecule has 4 heteroatoms. The van der Waals surface area contributed by atoms with Crippen LogP contribution in [0.25, 0.3) is 22.2 Å². The molecule has 2 aromatic heterocycles. The van der Waals surface area contributed by atoms with E-state index in [9.17, 15) is 0 Å². The van der Waals surface area contributed by atoms with Crippen molar-refractivity contribution < 1.29 is 28.5 Å². The largest absolute Gasteiger partial charge is 1.00 e. The summed E-state index contributed by atoms with van der Waals surface area (Å²) in [6.07, 6.45) is 5.98. The number of hydrogen-bond donors (Lipinski definition) is 0. The van der Waals surface area contributed by atoms with E-state index in [0.29, 0.717) is 0 Å². The summed E-state index contributed by atoms with van der Waals surface area (Å²) < 4.78 is 4.08. The van der Waals surface area contributed by atoms with E-state index < -0.39 is 0 Å². The summed E-state index contributed by atoms with van der Waals surface area (Å²) in [5.41, 5.74) is 3.43. The number of para-hydroxylation sites is 1. The fraction of sp³-hybridized carbons (Fsp3) is 0.143. The number of nitrogens with zero attached hydrogens (tertiary/aromatic N) is 3. The molecule has 0 aliphatic heterocycles. The second-order valence-electron chi connectivity index (χ2n) is 4.28. The summed E-state index contributed by atoms with van der Waals surface area (Å²) >= 11 is 0. The van der Waals surface area contributed by atoms with Gasteiger partial charge in [0, 0.05) is 30.2 Å². The van der Waals surface area contributed by atoms with E-state index in [-0.39, 0.29) is 24.0 Å².